The number of unbranched alkanes of at least 4 members (excludes halogenated alkanes) is 49. The molecule has 0 heterocycles. The minimum Gasteiger partial charge on any atom is -0.462 e. The zero-order valence-electron chi connectivity index (χ0n) is 64.8. The van der Waals surface area contributed by atoms with Gasteiger partial charge in [-0.2, -0.15) is 0 Å². The van der Waals surface area contributed by atoms with E-state index < -0.39 is 97.5 Å². The second-order valence-electron chi connectivity index (χ2n) is 29.8. The summed E-state index contributed by atoms with van der Waals surface area (Å²) < 4.78 is 68.6. The standard InChI is InChI=1S/C80H156O17P2/c1-7-9-11-13-15-17-19-20-21-22-23-24-25-26-27-30-34-40-46-52-58-64-79(84)96-75(69-91-78(83)63-57-51-45-39-33-31-28-29-32-36-42-48-54-60-72(3)4)70-94-98(86,87)92-66-74(81)67-93-99(88,89)95-71-76(68-90-77(82)62-56-50-44-38-18-16-14-12-10-8-2)97-80(85)65-59-53-47-41-35-37-43-49-55-61-73(5)6/h72-76,81H,7-71H2,1-6H3,(H,86,87)(H,88,89)/t74-,75-,76-/m1/s1. The fourth-order valence-electron chi connectivity index (χ4n) is 12.4. The summed E-state index contributed by atoms with van der Waals surface area (Å²) in [5.74, 6) is -0.584. The first-order valence-corrected chi connectivity index (χ1v) is 44.5. The molecule has 588 valence electrons. The van der Waals surface area contributed by atoms with Gasteiger partial charge in [-0.1, -0.05) is 369 Å². The highest BCUT2D eigenvalue weighted by atomic mass is 31.2. The largest absolute Gasteiger partial charge is 0.472 e. The molecule has 0 fully saturated rings. The summed E-state index contributed by atoms with van der Waals surface area (Å²) in [5, 5.41) is 10.6. The Hall–Kier alpha value is -1.94. The maximum atomic E-state index is 13.1. The van der Waals surface area contributed by atoms with Gasteiger partial charge in [0.05, 0.1) is 26.4 Å². The first-order valence-electron chi connectivity index (χ1n) is 41.5. The average molecular weight is 1450 g/mol. The molecule has 0 aromatic heterocycles. The smallest absolute Gasteiger partial charge is 0.462 e. The van der Waals surface area contributed by atoms with Gasteiger partial charge in [-0.15, -0.1) is 0 Å². The van der Waals surface area contributed by atoms with Crippen molar-refractivity contribution in [1.29, 1.82) is 0 Å². The molecule has 0 aliphatic rings. The SMILES string of the molecule is CCCCCCCCCCCCCCCCCCCCCCCC(=O)O[C@H](COC(=O)CCCCCCCCCCCCCCCC(C)C)COP(=O)(O)OC[C@@H](O)COP(=O)(O)OC[C@@H](COC(=O)CCCCCCCCCCCC)OC(=O)CCCCCCCCCCCC(C)C. The van der Waals surface area contributed by atoms with E-state index in [0.29, 0.717) is 25.7 Å². The molecule has 5 atom stereocenters. The number of hydrogen-bond donors (Lipinski definition) is 3. The highest BCUT2D eigenvalue weighted by Gasteiger charge is 2.30. The van der Waals surface area contributed by atoms with E-state index in [-0.39, 0.29) is 25.7 Å². The third kappa shape index (κ3) is 74.1. The van der Waals surface area contributed by atoms with Gasteiger partial charge >= 0.3 is 39.5 Å². The molecule has 0 bridgehead atoms. The molecule has 0 aromatic carbocycles. The third-order valence-electron chi connectivity index (χ3n) is 18.7. The molecule has 0 radical (unpaired) electrons. The number of phosphoric acid groups is 2. The second kappa shape index (κ2) is 71.7. The number of esters is 4. The van der Waals surface area contributed by atoms with Crippen molar-refractivity contribution >= 4 is 39.5 Å². The van der Waals surface area contributed by atoms with Gasteiger partial charge < -0.3 is 33.8 Å². The predicted molar refractivity (Wildman–Crippen MR) is 405 cm³/mol. The van der Waals surface area contributed by atoms with Crippen molar-refractivity contribution in [3.05, 3.63) is 0 Å². The molecule has 3 N–H and O–H groups in total. The average Bonchev–Trinajstić information content (AvgIpc) is 1.60. The van der Waals surface area contributed by atoms with E-state index in [2.05, 4.69) is 41.5 Å². The lowest BCUT2D eigenvalue weighted by molar-refractivity contribution is -0.161. The minimum absolute atomic E-state index is 0.106. The van der Waals surface area contributed by atoms with Crippen molar-refractivity contribution in [1.82, 2.24) is 0 Å². The highest BCUT2D eigenvalue weighted by molar-refractivity contribution is 7.47. The number of aliphatic hydroxyl groups is 1. The summed E-state index contributed by atoms with van der Waals surface area (Å²) in [6.07, 6.45) is 61.1. The van der Waals surface area contributed by atoms with Crippen molar-refractivity contribution in [3.63, 3.8) is 0 Å². The molecule has 2 unspecified atom stereocenters. The molecule has 0 saturated heterocycles. The number of phosphoric ester groups is 2. The van der Waals surface area contributed by atoms with Crippen LogP contribution >= 0.6 is 15.6 Å². The summed E-state index contributed by atoms with van der Waals surface area (Å²) in [5.41, 5.74) is 0. The Morgan fingerprint density at radius 3 is 0.687 bits per heavy atom. The van der Waals surface area contributed by atoms with Crippen LogP contribution in [-0.2, 0) is 65.4 Å². The van der Waals surface area contributed by atoms with Gasteiger partial charge in [-0.3, -0.25) is 37.3 Å². The van der Waals surface area contributed by atoms with Crippen LogP contribution in [0.3, 0.4) is 0 Å². The predicted octanol–water partition coefficient (Wildman–Crippen LogP) is 23.9. The van der Waals surface area contributed by atoms with Gasteiger partial charge in [0.25, 0.3) is 0 Å². The molecule has 17 nitrogen and oxygen atoms in total. The monoisotopic (exact) mass is 1450 g/mol. The quantitative estimate of drug-likeness (QED) is 0.0222. The van der Waals surface area contributed by atoms with Gasteiger partial charge in [-0.05, 0) is 37.5 Å². The van der Waals surface area contributed by atoms with Crippen LogP contribution in [0.4, 0.5) is 0 Å². The normalized spacial score (nSPS) is 13.9. The Morgan fingerprint density at radius 2 is 0.465 bits per heavy atom. The van der Waals surface area contributed by atoms with Gasteiger partial charge in [0, 0.05) is 25.7 Å². The maximum absolute atomic E-state index is 13.1. The summed E-state index contributed by atoms with van der Waals surface area (Å²) in [4.78, 5) is 72.9. The number of hydrogen-bond acceptors (Lipinski definition) is 15. The third-order valence-corrected chi connectivity index (χ3v) is 20.6. The van der Waals surface area contributed by atoms with Gasteiger partial charge in [0.1, 0.15) is 19.3 Å². The summed E-state index contributed by atoms with van der Waals surface area (Å²) in [6, 6.07) is 0. The fraction of sp³-hybridized carbons (Fsp3) is 0.950. The lowest BCUT2D eigenvalue weighted by atomic mass is 10.0. The van der Waals surface area contributed by atoms with Gasteiger partial charge in [-0.25, -0.2) is 9.13 Å². The molecule has 0 aliphatic carbocycles. The molecule has 0 rings (SSSR count). The van der Waals surface area contributed by atoms with Crippen LogP contribution < -0.4 is 0 Å². The fourth-order valence-corrected chi connectivity index (χ4v) is 13.9. The van der Waals surface area contributed by atoms with Gasteiger partial charge in [0.15, 0.2) is 12.2 Å². The van der Waals surface area contributed by atoms with E-state index in [1.165, 1.54) is 238 Å². The van der Waals surface area contributed by atoms with Crippen molar-refractivity contribution in [2.24, 2.45) is 11.8 Å². The molecule has 0 amide bonds. The molecule has 99 heavy (non-hydrogen) atoms. The number of ether oxygens (including phenoxy) is 4. The van der Waals surface area contributed by atoms with Crippen molar-refractivity contribution < 1.29 is 80.2 Å². The lowest BCUT2D eigenvalue weighted by Gasteiger charge is -2.21. The van der Waals surface area contributed by atoms with Crippen LogP contribution in [0, 0.1) is 11.8 Å². The molecule has 0 aromatic rings. The minimum atomic E-state index is -4.96. The van der Waals surface area contributed by atoms with E-state index in [9.17, 15) is 43.2 Å². The van der Waals surface area contributed by atoms with Crippen LogP contribution in [-0.4, -0.2) is 96.7 Å². The first kappa shape index (κ1) is 97.1. The van der Waals surface area contributed by atoms with Gasteiger partial charge in [0.2, 0.25) is 0 Å². The van der Waals surface area contributed by atoms with E-state index in [1.54, 1.807) is 0 Å². The van der Waals surface area contributed by atoms with E-state index in [1.807, 2.05) is 0 Å². The molecule has 19 heteroatoms. The van der Waals surface area contributed by atoms with Crippen molar-refractivity contribution in [2.75, 3.05) is 39.6 Å². The number of carbonyl (C=O) groups is 4. The van der Waals surface area contributed by atoms with E-state index in [0.717, 1.165) is 102 Å². The van der Waals surface area contributed by atoms with Crippen LogP contribution in [0.1, 0.15) is 420 Å². The van der Waals surface area contributed by atoms with Crippen LogP contribution in [0.2, 0.25) is 0 Å². The Labute approximate surface area is 607 Å². The van der Waals surface area contributed by atoms with Crippen LogP contribution in [0.15, 0.2) is 0 Å². The second-order valence-corrected chi connectivity index (χ2v) is 32.7. The number of aliphatic hydroxyl groups excluding tert-OH is 1. The number of rotatable bonds is 79. The first-order chi connectivity index (χ1) is 47.9. The van der Waals surface area contributed by atoms with Crippen molar-refractivity contribution in [3.8, 4) is 0 Å². The zero-order chi connectivity index (χ0) is 72.8. The molecule has 0 spiro atoms. The molecular formula is C80H156O17P2. The van der Waals surface area contributed by atoms with Crippen LogP contribution in [0.5, 0.6) is 0 Å². The Bertz CT molecular complexity index is 1910. The van der Waals surface area contributed by atoms with Crippen molar-refractivity contribution in [2.45, 2.75) is 439 Å². The summed E-state index contributed by atoms with van der Waals surface area (Å²) in [7, 11) is -9.92. The van der Waals surface area contributed by atoms with Crippen LogP contribution in [0.25, 0.3) is 0 Å². The summed E-state index contributed by atoms with van der Waals surface area (Å²) >= 11 is 0. The van der Waals surface area contributed by atoms with E-state index >= 15 is 0 Å². The lowest BCUT2D eigenvalue weighted by Crippen LogP contribution is -2.30. The Balaban J connectivity index is 5.21. The maximum Gasteiger partial charge on any atom is 0.472 e. The summed E-state index contributed by atoms with van der Waals surface area (Å²) in [6.45, 7) is 9.61. The van der Waals surface area contributed by atoms with E-state index in [4.69, 9.17) is 37.0 Å². The topological polar surface area (TPSA) is 237 Å². The molecule has 0 aliphatic heterocycles. The Morgan fingerprint density at radius 1 is 0.273 bits per heavy atom. The number of carbonyl (C=O) groups excluding carboxylic acids is 4. The zero-order valence-corrected chi connectivity index (χ0v) is 66.6. The molecular weight excluding hydrogens is 1290 g/mol. The molecule has 0 saturated carbocycles. The highest BCUT2D eigenvalue weighted by Crippen LogP contribution is 2.45. The Kier molecular flexibility index (Phi) is 70.3.